The molecule has 1 spiro atoms. The van der Waals surface area contributed by atoms with E-state index in [4.69, 9.17) is 4.74 Å². The van der Waals surface area contributed by atoms with Crippen molar-refractivity contribution in [1.82, 2.24) is 0 Å². The SMILES string of the molecule is O=C1CC2(CCCC(C(F)(F)F)C2)C(CI)O1. The molecule has 0 N–H and O–H groups in total. The van der Waals surface area contributed by atoms with Crippen molar-refractivity contribution >= 4 is 28.6 Å². The lowest BCUT2D eigenvalue weighted by atomic mass is 9.66. The van der Waals surface area contributed by atoms with Crippen molar-refractivity contribution < 1.29 is 22.7 Å². The maximum absolute atomic E-state index is 12.8. The second-order valence-electron chi connectivity index (χ2n) is 5.01. The number of alkyl halides is 4. The molecule has 0 aromatic heterocycles. The van der Waals surface area contributed by atoms with Crippen LogP contribution in [0, 0.1) is 11.3 Å². The minimum atomic E-state index is -4.14. The molecule has 1 saturated carbocycles. The molecule has 1 heterocycles. The molecule has 0 bridgehead atoms. The van der Waals surface area contributed by atoms with Gasteiger partial charge in [0.1, 0.15) is 6.10 Å². The van der Waals surface area contributed by atoms with Crippen LogP contribution in [0.5, 0.6) is 0 Å². The first-order valence-corrected chi connectivity index (χ1v) is 7.22. The standard InChI is InChI=1S/C11H14F3IO2/c12-11(13,14)7-2-1-3-10(4-7)5-9(16)17-8(10)6-15/h7-8H,1-6H2. The van der Waals surface area contributed by atoms with Gasteiger partial charge in [0.15, 0.2) is 0 Å². The molecule has 2 rings (SSSR count). The summed E-state index contributed by atoms with van der Waals surface area (Å²) in [5.74, 6) is -1.61. The van der Waals surface area contributed by atoms with E-state index in [1.807, 2.05) is 0 Å². The molecule has 2 fully saturated rings. The smallest absolute Gasteiger partial charge is 0.391 e. The van der Waals surface area contributed by atoms with E-state index in [1.165, 1.54) is 0 Å². The summed E-state index contributed by atoms with van der Waals surface area (Å²) >= 11 is 2.08. The Labute approximate surface area is 111 Å². The van der Waals surface area contributed by atoms with Crippen LogP contribution in [-0.4, -0.2) is 22.7 Å². The minimum Gasteiger partial charge on any atom is -0.461 e. The van der Waals surface area contributed by atoms with Gasteiger partial charge in [-0.15, -0.1) is 0 Å². The average molecular weight is 362 g/mol. The predicted molar refractivity (Wildman–Crippen MR) is 63.8 cm³/mol. The first kappa shape index (κ1) is 13.4. The lowest BCUT2D eigenvalue weighted by Crippen LogP contribution is -2.41. The molecule has 98 valence electrons. The third-order valence-corrected chi connectivity index (χ3v) is 4.74. The highest BCUT2D eigenvalue weighted by Crippen LogP contribution is 2.53. The molecule has 6 heteroatoms. The number of esters is 1. The van der Waals surface area contributed by atoms with Crippen LogP contribution in [0.4, 0.5) is 13.2 Å². The largest absolute Gasteiger partial charge is 0.461 e. The van der Waals surface area contributed by atoms with E-state index in [9.17, 15) is 18.0 Å². The number of hydrogen-bond acceptors (Lipinski definition) is 2. The van der Waals surface area contributed by atoms with Gasteiger partial charge < -0.3 is 4.74 Å². The lowest BCUT2D eigenvalue weighted by molar-refractivity contribution is -0.194. The number of halogens is 4. The van der Waals surface area contributed by atoms with Gasteiger partial charge in [-0.2, -0.15) is 13.2 Å². The van der Waals surface area contributed by atoms with Crippen LogP contribution in [-0.2, 0) is 9.53 Å². The van der Waals surface area contributed by atoms with Crippen LogP contribution in [0.3, 0.4) is 0 Å². The van der Waals surface area contributed by atoms with Crippen LogP contribution in [0.1, 0.15) is 32.1 Å². The van der Waals surface area contributed by atoms with Gasteiger partial charge in [-0.3, -0.25) is 4.79 Å². The Hall–Kier alpha value is -0.0100. The maximum Gasteiger partial charge on any atom is 0.391 e. The summed E-state index contributed by atoms with van der Waals surface area (Å²) in [4.78, 5) is 11.3. The molecular weight excluding hydrogens is 348 g/mol. The number of cyclic esters (lactones) is 1. The van der Waals surface area contributed by atoms with Crippen LogP contribution in [0.2, 0.25) is 0 Å². The number of carbonyl (C=O) groups excluding carboxylic acids is 1. The van der Waals surface area contributed by atoms with Crippen molar-refractivity contribution in [3.63, 3.8) is 0 Å². The van der Waals surface area contributed by atoms with E-state index in [0.717, 1.165) is 0 Å². The summed E-state index contributed by atoms with van der Waals surface area (Å²) in [6.07, 6.45) is -2.86. The molecule has 0 aromatic rings. The van der Waals surface area contributed by atoms with Gasteiger partial charge in [-0.25, -0.2) is 0 Å². The third-order valence-electron chi connectivity index (χ3n) is 3.94. The average Bonchev–Trinajstić information content (AvgIpc) is 2.53. The van der Waals surface area contributed by atoms with E-state index in [0.29, 0.717) is 17.3 Å². The molecule has 17 heavy (non-hydrogen) atoms. The van der Waals surface area contributed by atoms with E-state index in [-0.39, 0.29) is 31.3 Å². The molecule has 1 saturated heterocycles. The van der Waals surface area contributed by atoms with E-state index >= 15 is 0 Å². The van der Waals surface area contributed by atoms with Crippen LogP contribution >= 0.6 is 22.6 Å². The molecule has 1 aliphatic carbocycles. The Morgan fingerprint density at radius 1 is 1.47 bits per heavy atom. The van der Waals surface area contributed by atoms with Gasteiger partial charge in [-0.1, -0.05) is 29.0 Å². The van der Waals surface area contributed by atoms with Crippen molar-refractivity contribution in [2.45, 2.75) is 44.4 Å². The molecule has 0 aromatic carbocycles. The first-order chi connectivity index (χ1) is 7.87. The molecule has 2 aliphatic rings. The topological polar surface area (TPSA) is 26.3 Å². The van der Waals surface area contributed by atoms with Gasteiger partial charge in [0.2, 0.25) is 0 Å². The molecule has 1 aliphatic heterocycles. The summed E-state index contributed by atoms with van der Waals surface area (Å²) in [7, 11) is 0. The van der Waals surface area contributed by atoms with Gasteiger partial charge in [0, 0.05) is 9.84 Å². The predicted octanol–water partition coefficient (Wildman–Crippen LogP) is 3.48. The van der Waals surface area contributed by atoms with Crippen LogP contribution in [0.15, 0.2) is 0 Å². The Bertz CT molecular complexity index is 318. The number of ether oxygens (including phenoxy) is 1. The summed E-state index contributed by atoms with van der Waals surface area (Å²) in [6, 6.07) is 0. The fraction of sp³-hybridized carbons (Fsp3) is 0.909. The molecule has 3 atom stereocenters. The zero-order valence-corrected chi connectivity index (χ0v) is 11.4. The van der Waals surface area contributed by atoms with Crippen LogP contribution < -0.4 is 0 Å². The quantitative estimate of drug-likeness (QED) is 0.406. The maximum atomic E-state index is 12.8. The first-order valence-electron chi connectivity index (χ1n) is 5.69. The fourth-order valence-electron chi connectivity index (χ4n) is 3.05. The highest BCUT2D eigenvalue weighted by Gasteiger charge is 2.55. The molecule has 0 radical (unpaired) electrons. The van der Waals surface area contributed by atoms with Crippen molar-refractivity contribution in [2.24, 2.45) is 11.3 Å². The number of rotatable bonds is 1. The highest BCUT2D eigenvalue weighted by atomic mass is 127. The molecular formula is C11H14F3IO2. The van der Waals surface area contributed by atoms with E-state index in [2.05, 4.69) is 22.6 Å². The summed E-state index contributed by atoms with van der Waals surface area (Å²) < 4.78 is 44.1. The second-order valence-corrected chi connectivity index (χ2v) is 5.89. The fourth-order valence-corrected chi connectivity index (χ4v) is 4.16. The molecule has 3 unspecified atom stereocenters. The number of carbonyl (C=O) groups is 1. The second kappa shape index (κ2) is 4.59. The number of hydrogen-bond donors (Lipinski definition) is 0. The van der Waals surface area contributed by atoms with Crippen molar-refractivity contribution in [3.05, 3.63) is 0 Å². The van der Waals surface area contributed by atoms with Crippen molar-refractivity contribution in [3.8, 4) is 0 Å². The van der Waals surface area contributed by atoms with Crippen molar-refractivity contribution in [1.29, 1.82) is 0 Å². The Morgan fingerprint density at radius 2 is 2.18 bits per heavy atom. The summed E-state index contributed by atoms with van der Waals surface area (Å²) in [5, 5.41) is 0. The van der Waals surface area contributed by atoms with E-state index in [1.54, 1.807) is 0 Å². The van der Waals surface area contributed by atoms with Gasteiger partial charge in [0.05, 0.1) is 12.3 Å². The Morgan fingerprint density at radius 3 is 2.76 bits per heavy atom. The molecule has 0 amide bonds. The monoisotopic (exact) mass is 362 g/mol. The lowest BCUT2D eigenvalue weighted by Gasteiger charge is -2.40. The molecule has 2 nitrogen and oxygen atoms in total. The van der Waals surface area contributed by atoms with Gasteiger partial charge in [-0.05, 0) is 19.3 Å². The zero-order valence-electron chi connectivity index (χ0n) is 9.23. The summed E-state index contributed by atoms with van der Waals surface area (Å²) in [6.45, 7) is 0. The van der Waals surface area contributed by atoms with Gasteiger partial charge >= 0.3 is 12.1 Å². The van der Waals surface area contributed by atoms with Crippen LogP contribution in [0.25, 0.3) is 0 Å². The van der Waals surface area contributed by atoms with Crippen molar-refractivity contribution in [2.75, 3.05) is 4.43 Å². The zero-order chi connectivity index (χ0) is 12.7. The van der Waals surface area contributed by atoms with E-state index < -0.39 is 17.5 Å². The third kappa shape index (κ3) is 2.56. The normalized spacial score (nSPS) is 38.5. The summed E-state index contributed by atoms with van der Waals surface area (Å²) in [5.41, 5.74) is -0.559. The van der Waals surface area contributed by atoms with Gasteiger partial charge in [0.25, 0.3) is 0 Å². The highest BCUT2D eigenvalue weighted by molar-refractivity contribution is 14.1. The minimum absolute atomic E-state index is 0.0515. The Balaban J connectivity index is 2.17. The Kier molecular flexibility index (Phi) is 3.62.